The summed E-state index contributed by atoms with van der Waals surface area (Å²) < 4.78 is 5.49. The third kappa shape index (κ3) is 9.33. The summed E-state index contributed by atoms with van der Waals surface area (Å²) in [7, 11) is 1.49. The average Bonchev–Trinajstić information content (AvgIpc) is 3.32. The fourth-order valence-electron chi connectivity index (χ4n) is 11.4. The molecule has 3 aromatic carbocycles. The van der Waals surface area contributed by atoms with Crippen LogP contribution in [0.4, 0.5) is 0 Å². The number of aliphatic hydroxyl groups is 3. The molecular formula is C52H65N3O7. The Morgan fingerprint density at radius 3 is 2.56 bits per heavy atom. The quantitative estimate of drug-likeness (QED) is 0.0959. The molecule has 0 unspecified atom stereocenters. The van der Waals surface area contributed by atoms with E-state index in [-0.39, 0.29) is 48.4 Å². The van der Waals surface area contributed by atoms with Crippen LogP contribution in [0.5, 0.6) is 11.5 Å². The number of piperidine rings is 1. The lowest BCUT2D eigenvalue weighted by Crippen LogP contribution is -2.49. The van der Waals surface area contributed by atoms with E-state index < -0.39 is 29.6 Å². The molecule has 0 amide bonds. The van der Waals surface area contributed by atoms with Crippen LogP contribution in [0, 0.1) is 35.0 Å². The molecule has 330 valence electrons. The van der Waals surface area contributed by atoms with Gasteiger partial charge in [-0.2, -0.15) is 0 Å². The maximum absolute atomic E-state index is 14.3. The highest BCUT2D eigenvalue weighted by Crippen LogP contribution is 2.46. The highest BCUT2D eigenvalue weighted by molar-refractivity contribution is 5.89. The van der Waals surface area contributed by atoms with Gasteiger partial charge in [0.2, 0.25) is 0 Å². The minimum absolute atomic E-state index is 0.0466. The number of ether oxygens (including phenoxy) is 1. The van der Waals surface area contributed by atoms with Crippen LogP contribution >= 0.6 is 0 Å². The minimum Gasteiger partial charge on any atom is -0.504 e. The molecule has 0 aromatic heterocycles. The zero-order valence-electron chi connectivity index (χ0n) is 36.4. The number of aromatic hydroxyl groups is 1. The lowest BCUT2D eigenvalue weighted by molar-refractivity contribution is -0.134. The van der Waals surface area contributed by atoms with Crippen molar-refractivity contribution < 1.29 is 34.8 Å². The predicted molar refractivity (Wildman–Crippen MR) is 241 cm³/mol. The number of fused-ring (bicyclic) bond motifs is 3. The van der Waals surface area contributed by atoms with Gasteiger partial charge in [0.1, 0.15) is 11.2 Å². The topological polar surface area (TPSA) is 174 Å². The summed E-state index contributed by atoms with van der Waals surface area (Å²) in [6, 6.07) is 18.2. The third-order valence-electron chi connectivity index (χ3n) is 15.2. The number of carbonyl (C=O) groups excluding carboxylic acids is 2. The second kappa shape index (κ2) is 19.0. The SMILES string of the molecule is CCC1=C([C@H](C[C@H](O)[C@H](O)C[C@H]2C#C[C@@]3(CC[C@@H](CC[C@@H]4CN[C@@H]5CC(=O)CC[C@@H]5C4)C[C@H]3O)C(=O)CCc3cc(OC)c(O)cc32)c2ccc3ccccc3c2)C=C(N)NC1. The van der Waals surface area contributed by atoms with Crippen molar-refractivity contribution in [1.82, 2.24) is 10.6 Å². The number of carbonyl (C=O) groups is 2. The molecule has 3 fully saturated rings. The van der Waals surface area contributed by atoms with Crippen LogP contribution in [-0.4, -0.2) is 76.5 Å². The lowest BCUT2D eigenvalue weighted by Gasteiger charge is -2.42. The van der Waals surface area contributed by atoms with Crippen molar-refractivity contribution >= 4 is 22.3 Å². The molecule has 8 rings (SSSR count). The Balaban J connectivity index is 1.03. The fourth-order valence-corrected chi connectivity index (χ4v) is 11.4. The zero-order valence-corrected chi connectivity index (χ0v) is 36.4. The van der Waals surface area contributed by atoms with Gasteiger partial charge in [-0.3, -0.25) is 9.59 Å². The number of Topliss-reactive ketones (excluding diaryl/α,β-unsaturated/α-hetero) is 2. The lowest BCUT2D eigenvalue weighted by atomic mass is 9.64. The molecule has 62 heavy (non-hydrogen) atoms. The molecule has 2 heterocycles. The number of hydrogen-bond acceptors (Lipinski definition) is 10. The average molecular weight is 844 g/mol. The van der Waals surface area contributed by atoms with Crippen molar-refractivity contribution in [2.75, 3.05) is 20.2 Å². The summed E-state index contributed by atoms with van der Waals surface area (Å²) in [6.07, 6.45) is 7.46. The second-order valence-corrected chi connectivity index (χ2v) is 19.0. The number of aliphatic hydroxyl groups excluding tert-OH is 3. The van der Waals surface area contributed by atoms with E-state index in [1.165, 1.54) is 12.7 Å². The van der Waals surface area contributed by atoms with E-state index in [0.717, 1.165) is 72.5 Å². The monoisotopic (exact) mass is 843 g/mol. The van der Waals surface area contributed by atoms with E-state index in [4.69, 9.17) is 10.5 Å². The number of phenols is 1. The largest absolute Gasteiger partial charge is 0.504 e. The van der Waals surface area contributed by atoms with Gasteiger partial charge in [0.05, 0.1) is 31.2 Å². The summed E-state index contributed by atoms with van der Waals surface area (Å²) in [6.45, 7) is 3.64. The Morgan fingerprint density at radius 2 is 1.77 bits per heavy atom. The first kappa shape index (κ1) is 44.0. The molecule has 8 N–H and O–H groups in total. The first-order valence-electron chi connectivity index (χ1n) is 23.1. The van der Waals surface area contributed by atoms with Crippen molar-refractivity contribution in [2.45, 2.75) is 133 Å². The molecule has 10 atom stereocenters. The summed E-state index contributed by atoms with van der Waals surface area (Å²) in [5.41, 5.74) is 9.79. The summed E-state index contributed by atoms with van der Waals surface area (Å²) >= 11 is 0. The maximum atomic E-state index is 14.3. The second-order valence-electron chi connectivity index (χ2n) is 19.0. The predicted octanol–water partition coefficient (Wildman–Crippen LogP) is 6.83. The van der Waals surface area contributed by atoms with Crippen molar-refractivity contribution in [3.8, 4) is 23.3 Å². The molecule has 10 nitrogen and oxygen atoms in total. The van der Waals surface area contributed by atoms with E-state index in [0.29, 0.717) is 73.7 Å². The van der Waals surface area contributed by atoms with Crippen LogP contribution in [0.2, 0.25) is 0 Å². The Hall–Kier alpha value is -4.66. The highest BCUT2D eigenvalue weighted by Gasteiger charge is 2.48. The molecular weight excluding hydrogens is 779 g/mol. The Kier molecular flexibility index (Phi) is 13.5. The first-order valence-corrected chi connectivity index (χ1v) is 23.1. The number of nitrogens with one attached hydrogen (secondary N) is 2. The molecule has 1 spiro atoms. The number of methoxy groups -OCH3 is 1. The normalized spacial score (nSPS) is 29.1. The van der Waals surface area contributed by atoms with Gasteiger partial charge in [-0.25, -0.2) is 0 Å². The number of rotatable bonds is 12. The Labute approximate surface area is 366 Å². The minimum atomic E-state index is -1.24. The van der Waals surface area contributed by atoms with Gasteiger partial charge < -0.3 is 41.5 Å². The fraction of sp³-hybridized carbons (Fsp3) is 0.538. The van der Waals surface area contributed by atoms with Crippen LogP contribution in [0.3, 0.4) is 0 Å². The van der Waals surface area contributed by atoms with Gasteiger partial charge in [0.25, 0.3) is 0 Å². The maximum Gasteiger partial charge on any atom is 0.160 e. The van der Waals surface area contributed by atoms with Crippen LogP contribution < -0.4 is 21.1 Å². The van der Waals surface area contributed by atoms with Crippen molar-refractivity contribution in [3.63, 3.8) is 0 Å². The zero-order chi connectivity index (χ0) is 43.5. The molecule has 0 bridgehead atoms. The van der Waals surface area contributed by atoms with Gasteiger partial charge in [0.15, 0.2) is 17.3 Å². The van der Waals surface area contributed by atoms with Crippen molar-refractivity contribution in [2.24, 2.45) is 28.9 Å². The molecule has 0 radical (unpaired) electrons. The number of allylic oxidation sites excluding steroid dienone is 2. The summed E-state index contributed by atoms with van der Waals surface area (Å²) in [5.74, 6) is 8.24. The van der Waals surface area contributed by atoms with E-state index in [1.54, 1.807) is 12.1 Å². The van der Waals surface area contributed by atoms with Gasteiger partial charge in [-0.05, 0) is 145 Å². The number of benzene rings is 3. The summed E-state index contributed by atoms with van der Waals surface area (Å²) in [4.78, 5) is 26.3. The molecule has 10 heteroatoms. The van der Waals surface area contributed by atoms with Gasteiger partial charge >= 0.3 is 0 Å². The van der Waals surface area contributed by atoms with Gasteiger partial charge in [-0.1, -0.05) is 67.6 Å². The Bertz CT molecular complexity index is 2270. The molecule has 3 aliphatic carbocycles. The highest BCUT2D eigenvalue weighted by atomic mass is 16.5. The molecule has 5 aliphatic rings. The van der Waals surface area contributed by atoms with Crippen molar-refractivity contribution in [3.05, 3.63) is 94.3 Å². The van der Waals surface area contributed by atoms with Crippen LogP contribution in [0.1, 0.15) is 119 Å². The number of phenolic OH excluding ortho intramolecular Hbond substituents is 1. The number of dihydropyridines is 1. The van der Waals surface area contributed by atoms with Gasteiger partial charge in [0, 0.05) is 43.7 Å². The Morgan fingerprint density at radius 1 is 0.968 bits per heavy atom. The van der Waals surface area contributed by atoms with E-state index in [1.807, 2.05) is 18.2 Å². The molecule has 3 aromatic rings. The van der Waals surface area contributed by atoms with Crippen LogP contribution in [0.25, 0.3) is 10.8 Å². The smallest absolute Gasteiger partial charge is 0.160 e. The van der Waals surface area contributed by atoms with Gasteiger partial charge in [-0.15, -0.1) is 0 Å². The summed E-state index contributed by atoms with van der Waals surface area (Å²) in [5, 5.41) is 56.1. The standard InChI is InChI=1S/C52H65N3O7/c1-3-33-30-55-51(53)28-43(33)42(36-11-10-34-6-4-5-7-35(34)22-36)27-46(58)45(57)23-38-17-19-52(49(60)15-13-37-24-48(62-2)47(59)26-41(37)38)18-16-31(21-50(52)61)8-9-32-20-39-12-14-40(56)25-44(39)54-29-32/h4-7,10-11,22,24,26,28,31-32,38-39,42,44-46,50,54-55,57-59,61H,3,8-9,12-16,18,20-21,23,25,27,29-30,53H2,1-2H3/t31-,32+,38-,39-,42-,44-,45-,46+,50-,52+/m1/s1. The number of hydrogen-bond donors (Lipinski definition) is 7. The van der Waals surface area contributed by atoms with E-state index in [2.05, 4.69) is 59.7 Å². The number of ketones is 2. The number of aryl methyl sites for hydroxylation is 1. The van der Waals surface area contributed by atoms with Crippen LogP contribution in [0.15, 0.2) is 77.6 Å². The molecule has 2 saturated carbocycles. The third-order valence-corrected chi connectivity index (χ3v) is 15.2. The van der Waals surface area contributed by atoms with Crippen LogP contribution in [-0.2, 0) is 16.0 Å². The van der Waals surface area contributed by atoms with E-state index >= 15 is 0 Å². The molecule has 2 aliphatic heterocycles. The number of nitrogens with two attached hydrogens (primary N) is 1. The first-order chi connectivity index (χ1) is 29.9. The molecule has 1 saturated heterocycles. The van der Waals surface area contributed by atoms with Crippen molar-refractivity contribution in [1.29, 1.82) is 0 Å². The van der Waals surface area contributed by atoms with E-state index in [9.17, 15) is 30.0 Å².